The zero-order valence-electron chi connectivity index (χ0n) is 6.79. The fourth-order valence-electron chi connectivity index (χ4n) is 1.12. The summed E-state index contributed by atoms with van der Waals surface area (Å²) >= 11 is 4.82. The third kappa shape index (κ3) is 2.29. The lowest BCUT2D eigenvalue weighted by Gasteiger charge is -2.05. The van der Waals surface area contributed by atoms with Crippen molar-refractivity contribution >= 4 is 17.2 Å². The monoisotopic (exact) mass is 180 g/mol. The first-order chi connectivity index (χ1) is 5.74. The van der Waals surface area contributed by atoms with Crippen molar-refractivity contribution in [2.75, 3.05) is 0 Å². The number of hydrogen-bond acceptors (Lipinski definition) is 2. The van der Waals surface area contributed by atoms with Gasteiger partial charge in [0.25, 0.3) is 0 Å². The van der Waals surface area contributed by atoms with Crippen molar-refractivity contribution in [3.05, 3.63) is 35.4 Å². The summed E-state index contributed by atoms with van der Waals surface area (Å²) in [6.07, 6.45) is 0.642. The fourth-order valence-corrected chi connectivity index (χ4v) is 1.27. The Morgan fingerprint density at radius 3 is 2.33 bits per heavy atom. The summed E-state index contributed by atoms with van der Waals surface area (Å²) in [7, 11) is 0. The highest BCUT2D eigenvalue weighted by Gasteiger charge is 1.99. The molecule has 0 spiro atoms. The van der Waals surface area contributed by atoms with Crippen molar-refractivity contribution in [2.24, 2.45) is 11.5 Å². The van der Waals surface area contributed by atoms with Crippen LogP contribution in [0.3, 0.4) is 0 Å². The summed E-state index contributed by atoms with van der Waals surface area (Å²) in [5.74, 6) is 0. The van der Waals surface area contributed by atoms with Crippen molar-refractivity contribution < 1.29 is 0 Å². The molecule has 0 aliphatic rings. The van der Waals surface area contributed by atoms with E-state index in [2.05, 4.69) is 0 Å². The first kappa shape index (κ1) is 9.16. The molecule has 1 rings (SSSR count). The number of rotatable bonds is 3. The van der Waals surface area contributed by atoms with Crippen molar-refractivity contribution in [1.82, 2.24) is 0 Å². The lowest BCUT2D eigenvalue weighted by Crippen LogP contribution is -2.13. The lowest BCUT2D eigenvalue weighted by atomic mass is 10.1. The van der Waals surface area contributed by atoms with E-state index >= 15 is 0 Å². The minimum Gasteiger partial charge on any atom is -0.393 e. The average molecular weight is 180 g/mol. The molecule has 12 heavy (non-hydrogen) atoms. The smallest absolute Gasteiger partial charge is 0.0771 e. The van der Waals surface area contributed by atoms with Gasteiger partial charge in [-0.1, -0.05) is 36.5 Å². The molecule has 0 amide bonds. The van der Waals surface area contributed by atoms with Gasteiger partial charge in [-0.05, 0) is 11.1 Å². The van der Waals surface area contributed by atoms with Gasteiger partial charge in [0, 0.05) is 13.0 Å². The molecule has 0 fully saturated rings. The largest absolute Gasteiger partial charge is 0.393 e. The number of nitrogens with two attached hydrogens (primary N) is 2. The van der Waals surface area contributed by atoms with E-state index in [0.717, 1.165) is 11.1 Å². The van der Waals surface area contributed by atoms with Gasteiger partial charge in [-0.3, -0.25) is 0 Å². The predicted molar refractivity (Wildman–Crippen MR) is 54.8 cm³/mol. The van der Waals surface area contributed by atoms with Gasteiger partial charge in [0.15, 0.2) is 0 Å². The Bertz CT molecular complexity index is 284. The molecule has 0 aliphatic carbocycles. The molecule has 0 saturated carbocycles. The Balaban J connectivity index is 2.89. The predicted octanol–water partition coefficient (Wildman–Crippen LogP) is 0.974. The summed E-state index contributed by atoms with van der Waals surface area (Å²) in [5.41, 5.74) is 13.2. The molecule has 0 bridgehead atoms. The Kier molecular flexibility index (Phi) is 3.19. The van der Waals surface area contributed by atoms with Gasteiger partial charge >= 0.3 is 0 Å². The molecule has 0 saturated heterocycles. The van der Waals surface area contributed by atoms with E-state index in [1.807, 2.05) is 24.3 Å². The first-order valence-electron chi connectivity index (χ1n) is 3.79. The molecule has 2 nitrogen and oxygen atoms in total. The molecule has 0 aromatic heterocycles. The van der Waals surface area contributed by atoms with Crippen LogP contribution in [0, 0.1) is 0 Å². The highest BCUT2D eigenvalue weighted by Crippen LogP contribution is 2.08. The molecule has 1 aromatic rings. The number of hydrogen-bond donors (Lipinski definition) is 2. The highest BCUT2D eigenvalue weighted by atomic mass is 32.1. The number of thiocarbonyl (C=S) groups is 1. The van der Waals surface area contributed by atoms with Crippen LogP contribution in [0.25, 0.3) is 0 Å². The maximum Gasteiger partial charge on any atom is 0.0771 e. The summed E-state index contributed by atoms with van der Waals surface area (Å²) in [4.78, 5) is 0.510. The minimum absolute atomic E-state index is 0.510. The Morgan fingerprint density at radius 2 is 1.83 bits per heavy atom. The molecular weight excluding hydrogens is 168 g/mol. The van der Waals surface area contributed by atoms with Crippen molar-refractivity contribution in [1.29, 1.82) is 0 Å². The van der Waals surface area contributed by atoms with Gasteiger partial charge in [0.05, 0.1) is 4.99 Å². The van der Waals surface area contributed by atoms with Crippen LogP contribution in [0.5, 0.6) is 0 Å². The Labute approximate surface area is 77.6 Å². The molecule has 0 heterocycles. The third-order valence-electron chi connectivity index (χ3n) is 1.70. The van der Waals surface area contributed by atoms with E-state index < -0.39 is 0 Å². The van der Waals surface area contributed by atoms with E-state index in [-0.39, 0.29) is 0 Å². The molecule has 3 heteroatoms. The van der Waals surface area contributed by atoms with Crippen LogP contribution in [-0.4, -0.2) is 4.99 Å². The second-order valence-corrected chi connectivity index (χ2v) is 3.14. The topological polar surface area (TPSA) is 52.0 Å². The minimum atomic E-state index is 0.510. The van der Waals surface area contributed by atoms with Gasteiger partial charge in [0.2, 0.25) is 0 Å². The zero-order chi connectivity index (χ0) is 8.97. The van der Waals surface area contributed by atoms with Crippen LogP contribution >= 0.6 is 12.2 Å². The second-order valence-electron chi connectivity index (χ2n) is 2.62. The van der Waals surface area contributed by atoms with Gasteiger partial charge in [-0.2, -0.15) is 0 Å². The van der Waals surface area contributed by atoms with Crippen LogP contribution in [-0.2, 0) is 13.0 Å². The van der Waals surface area contributed by atoms with Gasteiger partial charge in [0.1, 0.15) is 0 Å². The van der Waals surface area contributed by atoms with Crippen LogP contribution in [0.15, 0.2) is 24.3 Å². The molecule has 0 radical (unpaired) electrons. The zero-order valence-corrected chi connectivity index (χ0v) is 7.60. The summed E-state index contributed by atoms with van der Waals surface area (Å²) in [5, 5.41) is 0. The summed E-state index contributed by atoms with van der Waals surface area (Å²) in [6, 6.07) is 7.92. The number of benzene rings is 1. The lowest BCUT2D eigenvalue weighted by molar-refractivity contribution is 1.04. The summed E-state index contributed by atoms with van der Waals surface area (Å²) in [6.45, 7) is 0.540. The molecule has 0 aliphatic heterocycles. The maximum absolute atomic E-state index is 5.54. The second kappa shape index (κ2) is 4.18. The molecule has 0 atom stereocenters. The van der Waals surface area contributed by atoms with E-state index in [0.29, 0.717) is 18.0 Å². The fraction of sp³-hybridized carbons (Fsp3) is 0.222. The highest BCUT2D eigenvalue weighted by molar-refractivity contribution is 7.80. The maximum atomic E-state index is 5.54. The summed E-state index contributed by atoms with van der Waals surface area (Å²) < 4.78 is 0. The Hall–Kier alpha value is -0.930. The van der Waals surface area contributed by atoms with Gasteiger partial charge < -0.3 is 11.5 Å². The van der Waals surface area contributed by atoms with Crippen molar-refractivity contribution in [3.63, 3.8) is 0 Å². The van der Waals surface area contributed by atoms with Crippen molar-refractivity contribution in [3.8, 4) is 0 Å². The first-order valence-corrected chi connectivity index (χ1v) is 4.20. The normalized spacial score (nSPS) is 9.75. The molecule has 0 unspecified atom stereocenters. The van der Waals surface area contributed by atoms with E-state index in [4.69, 9.17) is 23.7 Å². The third-order valence-corrected chi connectivity index (χ3v) is 1.85. The standard InChI is InChI=1S/C9H12N2S/c10-6-8-4-2-1-3-7(8)5-9(11)12/h1-4H,5-6,10H2,(H2,11,12). The molecule has 64 valence electrons. The van der Waals surface area contributed by atoms with Crippen LogP contribution < -0.4 is 11.5 Å². The molecular formula is C9H12N2S. The van der Waals surface area contributed by atoms with Crippen LogP contribution in [0.2, 0.25) is 0 Å². The van der Waals surface area contributed by atoms with Crippen molar-refractivity contribution in [2.45, 2.75) is 13.0 Å². The molecule has 4 N–H and O–H groups in total. The van der Waals surface area contributed by atoms with Crippen LogP contribution in [0.4, 0.5) is 0 Å². The van der Waals surface area contributed by atoms with E-state index in [1.165, 1.54) is 0 Å². The van der Waals surface area contributed by atoms with E-state index in [1.54, 1.807) is 0 Å². The SMILES string of the molecule is NCc1ccccc1CC(N)=S. The molecule has 1 aromatic carbocycles. The van der Waals surface area contributed by atoms with Crippen LogP contribution in [0.1, 0.15) is 11.1 Å². The van der Waals surface area contributed by atoms with E-state index in [9.17, 15) is 0 Å². The Morgan fingerprint density at radius 1 is 1.25 bits per heavy atom. The average Bonchev–Trinajstić information content (AvgIpc) is 2.04. The quantitative estimate of drug-likeness (QED) is 0.682. The van der Waals surface area contributed by atoms with Gasteiger partial charge in [-0.25, -0.2) is 0 Å². The van der Waals surface area contributed by atoms with Gasteiger partial charge in [-0.15, -0.1) is 0 Å².